The number of likely N-dealkylation sites (tertiary alicyclic amines) is 1. The zero-order chi connectivity index (χ0) is 96.7. The van der Waals surface area contributed by atoms with Crippen LogP contribution in [0.3, 0.4) is 0 Å². The summed E-state index contributed by atoms with van der Waals surface area (Å²) in [6, 6.07) is 46.8. The first-order valence-corrected chi connectivity index (χ1v) is 48.9. The fourth-order valence-corrected chi connectivity index (χ4v) is 20.1. The van der Waals surface area contributed by atoms with Gasteiger partial charge in [-0.3, -0.25) is 65.2 Å². The Hall–Kier alpha value is -16.9. The predicted octanol–water partition coefficient (Wildman–Crippen LogP) is 20.4. The molecule has 5 aliphatic heterocycles. The number of nitrogens with one attached hydrogen (secondary N) is 10. The molecule has 35 heteroatoms. The molecule has 750 valence electrons. The lowest BCUT2D eigenvalue weighted by atomic mass is 10.0. The Kier molecular flexibility index (Phi) is 28.8. The Morgan fingerprint density at radius 2 is 0.676 bits per heavy atom. The van der Waals surface area contributed by atoms with E-state index in [1.54, 1.807) is 36.9 Å². The third-order valence-electron chi connectivity index (χ3n) is 27.6. The van der Waals surface area contributed by atoms with Crippen molar-refractivity contribution in [2.75, 3.05) is 125 Å². The maximum atomic E-state index is 13.9. The van der Waals surface area contributed by atoms with Gasteiger partial charge in [0.2, 0.25) is 0 Å². The van der Waals surface area contributed by atoms with Crippen molar-refractivity contribution in [2.45, 2.75) is 87.4 Å². The van der Waals surface area contributed by atoms with Crippen LogP contribution in [0.15, 0.2) is 245 Å². The monoisotopic (exact) mass is 1980 g/mol. The van der Waals surface area contributed by atoms with Crippen LogP contribution in [0, 0.1) is 11.6 Å². The van der Waals surface area contributed by atoms with Crippen molar-refractivity contribution in [1.29, 1.82) is 0 Å². The van der Waals surface area contributed by atoms with E-state index in [0.717, 1.165) is 294 Å². The van der Waals surface area contributed by atoms with Gasteiger partial charge in [-0.1, -0.05) is 78.2 Å². The molecule has 0 amide bonds. The summed E-state index contributed by atoms with van der Waals surface area (Å²) >= 11 is 0. The van der Waals surface area contributed by atoms with Crippen LogP contribution in [0.1, 0.15) is 79.4 Å². The number of benzene rings is 6. The topological polar surface area (TPSA) is 396 Å². The average molecular weight is 1980 g/mol. The molecule has 27 rings (SSSR count). The molecular formula is C113H118F2N32O. The molecule has 148 heavy (non-hydrogen) atoms. The molecule has 0 aliphatic carbocycles. The highest BCUT2D eigenvalue weighted by Gasteiger charge is 2.28. The molecule has 22 aromatic rings. The molecule has 5 fully saturated rings. The summed E-state index contributed by atoms with van der Waals surface area (Å²) in [6.45, 7) is 15.6. The summed E-state index contributed by atoms with van der Waals surface area (Å²) in [4.78, 5) is 82.9. The number of nitrogens with zero attached hydrogens (tertiary/aromatic N) is 22. The lowest BCUT2D eigenvalue weighted by molar-refractivity contribution is 0.145. The van der Waals surface area contributed by atoms with Gasteiger partial charge in [-0.2, -0.15) is 20.4 Å². The third kappa shape index (κ3) is 20.3. The second-order valence-corrected chi connectivity index (χ2v) is 37.6. The number of piperidine rings is 2. The van der Waals surface area contributed by atoms with Crippen LogP contribution in [-0.2, 0) is 13.1 Å². The van der Waals surface area contributed by atoms with E-state index < -0.39 is 0 Å². The second kappa shape index (κ2) is 43.2. The van der Waals surface area contributed by atoms with Crippen LogP contribution < -0.4 is 30.2 Å². The number of piperazine rings is 2. The minimum absolute atomic E-state index is 0. The van der Waals surface area contributed by atoms with E-state index in [0.29, 0.717) is 28.4 Å². The van der Waals surface area contributed by atoms with Gasteiger partial charge in [0.25, 0.3) is 0 Å². The standard InChI is InChI=1S/C29H24FN7O.C29H24FN7.C26H27N9.C25H27N9.4CH4/c30-20-3-1-2-18(10-20)24-15-32-16-26-27(24)34-29(33-26)28-23-12-17(4-5-25(23)35-36-28)19-11-21(14-31-13-19)37-8-6-22(38)7-9-37;30-21-6-4-5-19(11-21)24-16-32-17-26-27(24)34-29(33-26)28-23-13-18(7-8-25(23)35-36-28)20-12-22(15-31-14-20)37-9-2-1-3-10-37;1-6-34(7-1)16-17-10-19(13-28-12-17)18-2-3-21-20(11-18)24(33-32-21)26-30-22-14-29-15-23(25(22)31-26)35-8-4-27-5-9-35;1-33(2)15-16-9-18(12-27-11-16)17-3-4-20-19(10-17)23(32-31-20)25-29-21-13-28-14-22(24(21)30-25)34-7-5-26-6-8-34;;;;/h1-5,10-16,22,38H,6-9H2,(H,33,34)(H,35,36);4-8,11-17H,1-3,9-10H2,(H,33,34)(H,35,36);2-3,10-15,27H,1,4-9,16H2,(H,30,31)(H,32,33);3-4,9-14,26H,5-8,15H2,1-2H3,(H,29,30)(H,31,32);4*1H4. The Labute approximate surface area is 853 Å². The molecule has 0 saturated carbocycles. The zero-order valence-corrected chi connectivity index (χ0v) is 79.3. The predicted molar refractivity (Wildman–Crippen MR) is 588 cm³/mol. The summed E-state index contributed by atoms with van der Waals surface area (Å²) in [6.07, 6.45) is 36.1. The lowest BCUT2D eigenvalue weighted by Crippen LogP contribution is -2.43. The molecule has 5 saturated heterocycles. The molecular weight excluding hydrogens is 1860 g/mol. The Morgan fingerprint density at radius 1 is 0.318 bits per heavy atom. The lowest BCUT2D eigenvalue weighted by Gasteiger charge is -2.31. The molecule has 0 bridgehead atoms. The number of aliphatic hydroxyl groups excluding tert-OH is 1. The van der Waals surface area contributed by atoms with E-state index in [9.17, 15) is 13.9 Å². The van der Waals surface area contributed by atoms with Crippen molar-refractivity contribution < 1.29 is 13.9 Å². The number of anilines is 4. The van der Waals surface area contributed by atoms with Crippen molar-refractivity contribution in [3.8, 4) is 113 Å². The number of aliphatic hydroxyl groups is 1. The van der Waals surface area contributed by atoms with Crippen LogP contribution in [-0.4, -0.2) is 247 Å². The van der Waals surface area contributed by atoms with Crippen molar-refractivity contribution in [3.63, 3.8) is 0 Å². The quantitative estimate of drug-likeness (QED) is 0.0380. The van der Waals surface area contributed by atoms with Gasteiger partial charge in [-0.25, -0.2) is 28.7 Å². The van der Waals surface area contributed by atoms with Crippen molar-refractivity contribution >= 4 is 110 Å². The molecule has 5 aliphatic rings. The van der Waals surface area contributed by atoms with E-state index in [1.165, 1.54) is 79.9 Å². The molecule has 33 nitrogen and oxygen atoms in total. The van der Waals surface area contributed by atoms with Gasteiger partial charge in [-0.05, 0) is 207 Å². The Morgan fingerprint density at radius 3 is 1.07 bits per heavy atom. The number of hydrogen-bond acceptors (Lipinski definition) is 25. The van der Waals surface area contributed by atoms with E-state index in [1.807, 2.05) is 98.6 Å². The summed E-state index contributed by atoms with van der Waals surface area (Å²) in [7, 11) is 4.12. The number of pyridine rings is 8. The maximum absolute atomic E-state index is 13.9. The van der Waals surface area contributed by atoms with E-state index in [-0.39, 0.29) is 47.4 Å². The Bertz CT molecular complexity index is 8450. The highest BCUT2D eigenvalue weighted by molar-refractivity contribution is 6.03. The largest absolute Gasteiger partial charge is 0.393 e. The van der Waals surface area contributed by atoms with Gasteiger partial charge in [0.1, 0.15) is 45.4 Å². The number of H-pyrrole nitrogens is 8. The molecule has 16 aromatic heterocycles. The van der Waals surface area contributed by atoms with Gasteiger partial charge in [-0.15, -0.1) is 0 Å². The van der Waals surface area contributed by atoms with Gasteiger partial charge < -0.3 is 60.2 Å². The molecule has 0 unspecified atom stereocenters. The molecule has 0 atom stereocenters. The minimum Gasteiger partial charge on any atom is -0.393 e. The smallest absolute Gasteiger partial charge is 0.159 e. The van der Waals surface area contributed by atoms with Crippen LogP contribution in [0.25, 0.3) is 201 Å². The van der Waals surface area contributed by atoms with Gasteiger partial charge in [0.05, 0.1) is 134 Å². The molecule has 6 aromatic carbocycles. The van der Waals surface area contributed by atoms with Crippen LogP contribution in [0.5, 0.6) is 0 Å². The fourth-order valence-electron chi connectivity index (χ4n) is 20.1. The van der Waals surface area contributed by atoms with E-state index in [2.05, 4.69) is 240 Å². The highest BCUT2D eigenvalue weighted by atomic mass is 19.1. The SMILES string of the molecule is C.C.C.C.CN(C)Cc1cncc(-c2ccc3[nH]nc(-c4nc5c(N6CCNCC6)cncc5[nH]4)c3c2)c1.Fc1cccc(-c2cncc3[nH]c(-c4n[nH]c5ccc(-c6cncc(N7CCCCC7)c6)cc45)nc23)c1.OC1CCN(c2cncc(-c3ccc4[nH]nc(-c5nc6c(-c7cccc(F)c7)cncc6[nH]5)c4c3)c2)CC1.c1ncc(-c2ccc3[nH]nc(-c4nc5c(N6CCNCC6)cncc5[nH]4)c3c2)cc1CN1CCC1. The summed E-state index contributed by atoms with van der Waals surface area (Å²) < 4.78 is 27.8. The van der Waals surface area contributed by atoms with Crippen LogP contribution in [0.2, 0.25) is 0 Å². The zero-order valence-electron chi connectivity index (χ0n) is 79.3. The summed E-state index contributed by atoms with van der Waals surface area (Å²) in [5, 5.41) is 51.6. The first kappa shape index (κ1) is 98.5. The number of fused-ring (bicyclic) bond motifs is 8. The molecule has 0 spiro atoms. The first-order chi connectivity index (χ1) is 70.8. The number of aromatic nitrogens is 24. The minimum atomic E-state index is -0.308. The fraction of sp³-hybridized carbons (Fsp3) is 0.257. The maximum Gasteiger partial charge on any atom is 0.159 e. The van der Waals surface area contributed by atoms with Crippen LogP contribution in [0.4, 0.5) is 31.5 Å². The third-order valence-corrected chi connectivity index (χ3v) is 27.6. The molecule has 11 N–H and O–H groups in total. The number of imidazole rings is 4. The van der Waals surface area contributed by atoms with Gasteiger partial charge in [0.15, 0.2) is 23.3 Å². The first-order valence-electron chi connectivity index (χ1n) is 48.9. The molecule has 0 radical (unpaired) electrons. The highest BCUT2D eigenvalue weighted by Crippen LogP contribution is 2.41. The second-order valence-electron chi connectivity index (χ2n) is 37.6. The van der Waals surface area contributed by atoms with E-state index in [4.69, 9.17) is 19.9 Å². The number of hydrogen-bond donors (Lipinski definition) is 11. The van der Waals surface area contributed by atoms with Crippen molar-refractivity contribution in [2.24, 2.45) is 0 Å². The Balaban J connectivity index is 0.000000119. The molecule has 21 heterocycles. The van der Waals surface area contributed by atoms with E-state index >= 15 is 0 Å². The van der Waals surface area contributed by atoms with Gasteiger partial charge in [0, 0.05) is 196 Å². The average Bonchev–Trinajstić information content (AvgIpc) is 1.62. The number of rotatable bonds is 18. The van der Waals surface area contributed by atoms with Crippen LogP contribution >= 0.6 is 0 Å². The number of halogens is 2. The van der Waals surface area contributed by atoms with Crippen molar-refractivity contribution in [3.05, 3.63) is 268 Å². The van der Waals surface area contributed by atoms with Gasteiger partial charge >= 0.3 is 0 Å². The number of aromatic amines is 8. The van der Waals surface area contributed by atoms with Crippen molar-refractivity contribution in [1.82, 2.24) is 141 Å². The normalized spacial score (nSPS) is 14.5. The summed E-state index contributed by atoms with van der Waals surface area (Å²) in [5.41, 5.74) is 31.8. The summed E-state index contributed by atoms with van der Waals surface area (Å²) in [5.74, 6) is 2.12.